The van der Waals surface area contributed by atoms with E-state index in [2.05, 4.69) is 10.2 Å². The number of nitrogens with zero attached hydrogens (tertiary/aromatic N) is 2. The number of benzene rings is 2. The molecule has 0 radical (unpaired) electrons. The lowest BCUT2D eigenvalue weighted by Gasteiger charge is -2.32. The Labute approximate surface area is 140 Å². The number of hydroxylamine groups is 1. The van der Waals surface area contributed by atoms with Crippen molar-refractivity contribution < 1.29 is 14.4 Å². The monoisotopic (exact) mass is 329 g/mol. The number of carbonyl (C=O) groups excluding carboxylic acids is 1. The van der Waals surface area contributed by atoms with Crippen LogP contribution in [0.1, 0.15) is 17.5 Å². The van der Waals surface area contributed by atoms with Crippen LogP contribution in [0.5, 0.6) is 0 Å². The van der Waals surface area contributed by atoms with Crippen molar-refractivity contribution in [3.8, 4) is 0 Å². The lowest BCUT2D eigenvalue weighted by atomic mass is 10.00. The first-order valence-electron chi connectivity index (χ1n) is 7.91. The molecular weight excluding hydrogens is 309 g/mol. The predicted molar refractivity (Wildman–Crippen MR) is 90.9 cm³/mol. The van der Waals surface area contributed by atoms with Crippen molar-refractivity contribution in [1.29, 1.82) is 0 Å². The van der Waals surface area contributed by atoms with Gasteiger partial charge >= 0.3 is 6.03 Å². The number of hydrogen-bond acceptors (Lipinski definition) is 3. The van der Waals surface area contributed by atoms with Crippen molar-refractivity contribution in [3.05, 3.63) is 59.4 Å². The molecule has 5 nitrogen and oxygen atoms in total. The summed E-state index contributed by atoms with van der Waals surface area (Å²) in [6.07, 6.45) is 1.85. The Morgan fingerprint density at radius 3 is 2.92 bits per heavy atom. The van der Waals surface area contributed by atoms with Gasteiger partial charge in [-0.2, -0.15) is 5.06 Å². The summed E-state index contributed by atoms with van der Waals surface area (Å²) in [6.45, 7) is 1.52. The molecule has 2 N–H and O–H groups in total. The second-order valence-corrected chi connectivity index (χ2v) is 5.84. The fraction of sp³-hybridized carbons (Fsp3) is 0.278. The van der Waals surface area contributed by atoms with Gasteiger partial charge in [-0.3, -0.25) is 5.21 Å². The Hall–Kier alpha value is -2.60. The van der Waals surface area contributed by atoms with E-state index in [1.807, 2.05) is 18.2 Å². The summed E-state index contributed by atoms with van der Waals surface area (Å²) in [5.74, 6) is -0.235. The highest BCUT2D eigenvalue weighted by molar-refractivity contribution is 5.89. The Balaban J connectivity index is 1.84. The second kappa shape index (κ2) is 6.88. The third kappa shape index (κ3) is 3.33. The molecule has 0 saturated heterocycles. The first-order valence-corrected chi connectivity index (χ1v) is 7.91. The fourth-order valence-electron chi connectivity index (χ4n) is 3.04. The molecule has 2 aromatic rings. The number of amides is 2. The molecule has 2 amide bonds. The van der Waals surface area contributed by atoms with Crippen molar-refractivity contribution in [2.75, 3.05) is 23.6 Å². The zero-order chi connectivity index (χ0) is 17.1. The SMILES string of the molecule is CNC(=O)N(O)c1ccc2c(c1)CCCN2Cc1cccc(F)c1. The minimum Gasteiger partial charge on any atom is -0.367 e. The largest absolute Gasteiger partial charge is 0.367 e. The molecule has 0 bridgehead atoms. The van der Waals surface area contributed by atoms with Gasteiger partial charge in [-0.05, 0) is 54.3 Å². The highest BCUT2D eigenvalue weighted by atomic mass is 19.1. The maximum atomic E-state index is 13.4. The number of fused-ring (bicyclic) bond motifs is 1. The summed E-state index contributed by atoms with van der Waals surface area (Å²) < 4.78 is 13.4. The number of anilines is 2. The Morgan fingerprint density at radius 1 is 1.33 bits per heavy atom. The van der Waals surface area contributed by atoms with Gasteiger partial charge in [0, 0.05) is 25.8 Å². The van der Waals surface area contributed by atoms with Gasteiger partial charge in [0.15, 0.2) is 0 Å². The van der Waals surface area contributed by atoms with Gasteiger partial charge in [-0.15, -0.1) is 0 Å². The van der Waals surface area contributed by atoms with Gasteiger partial charge in [-0.1, -0.05) is 12.1 Å². The number of urea groups is 1. The molecule has 0 saturated carbocycles. The van der Waals surface area contributed by atoms with E-state index in [9.17, 15) is 14.4 Å². The maximum absolute atomic E-state index is 13.4. The van der Waals surface area contributed by atoms with E-state index in [1.54, 1.807) is 18.2 Å². The van der Waals surface area contributed by atoms with Crippen LogP contribution in [0, 0.1) is 5.82 Å². The minimum atomic E-state index is -0.581. The van der Waals surface area contributed by atoms with Crippen molar-refractivity contribution in [2.45, 2.75) is 19.4 Å². The average molecular weight is 329 g/mol. The van der Waals surface area contributed by atoms with E-state index in [-0.39, 0.29) is 5.82 Å². The standard InChI is InChI=1S/C18H20FN3O2/c1-20-18(23)22(24)16-7-8-17-14(11-16)5-3-9-21(17)12-13-4-2-6-15(19)10-13/h2,4,6-8,10-11,24H,3,5,9,12H2,1H3,(H,20,23). The minimum absolute atomic E-state index is 0.235. The second-order valence-electron chi connectivity index (χ2n) is 5.84. The molecular formula is C18H20FN3O2. The van der Waals surface area contributed by atoms with Gasteiger partial charge in [0.2, 0.25) is 0 Å². The summed E-state index contributed by atoms with van der Waals surface area (Å²) in [5.41, 5.74) is 3.47. The third-order valence-electron chi connectivity index (χ3n) is 4.19. The Bertz CT molecular complexity index is 751. The molecule has 0 aliphatic carbocycles. The Kier molecular flexibility index (Phi) is 4.66. The third-order valence-corrected chi connectivity index (χ3v) is 4.19. The van der Waals surface area contributed by atoms with Crippen molar-refractivity contribution in [1.82, 2.24) is 5.32 Å². The molecule has 0 aromatic heterocycles. The van der Waals surface area contributed by atoms with E-state index < -0.39 is 6.03 Å². The molecule has 1 aliphatic rings. The van der Waals surface area contributed by atoms with Gasteiger partial charge < -0.3 is 10.2 Å². The van der Waals surface area contributed by atoms with Crippen LogP contribution >= 0.6 is 0 Å². The predicted octanol–water partition coefficient (Wildman–Crippen LogP) is 3.31. The van der Waals surface area contributed by atoms with Gasteiger partial charge in [0.25, 0.3) is 0 Å². The molecule has 126 valence electrons. The molecule has 0 fully saturated rings. The summed E-state index contributed by atoms with van der Waals surface area (Å²) in [5, 5.41) is 12.9. The van der Waals surface area contributed by atoms with Crippen molar-refractivity contribution >= 4 is 17.4 Å². The summed E-state index contributed by atoms with van der Waals surface area (Å²) >= 11 is 0. The van der Waals surface area contributed by atoms with Crippen LogP contribution in [0.15, 0.2) is 42.5 Å². The van der Waals surface area contributed by atoms with E-state index in [0.29, 0.717) is 17.3 Å². The normalized spacial score (nSPS) is 13.4. The van der Waals surface area contributed by atoms with Crippen LogP contribution in [0.25, 0.3) is 0 Å². The van der Waals surface area contributed by atoms with Crippen LogP contribution in [-0.4, -0.2) is 24.8 Å². The quantitative estimate of drug-likeness (QED) is 0.671. The van der Waals surface area contributed by atoms with Crippen molar-refractivity contribution in [2.24, 2.45) is 0 Å². The summed E-state index contributed by atoms with van der Waals surface area (Å²) in [4.78, 5) is 13.7. The van der Waals surface area contributed by atoms with Crippen molar-refractivity contribution in [3.63, 3.8) is 0 Å². The molecule has 2 aromatic carbocycles. The van der Waals surface area contributed by atoms with Crippen LogP contribution < -0.4 is 15.3 Å². The van der Waals surface area contributed by atoms with Crippen LogP contribution in [0.3, 0.4) is 0 Å². The lowest BCUT2D eigenvalue weighted by Crippen LogP contribution is -2.35. The topological polar surface area (TPSA) is 55.8 Å². The van der Waals surface area contributed by atoms with Gasteiger partial charge in [0.05, 0.1) is 5.69 Å². The zero-order valence-corrected chi connectivity index (χ0v) is 13.5. The number of nitrogens with one attached hydrogen (secondary N) is 1. The smallest absolute Gasteiger partial charge is 0.345 e. The molecule has 6 heteroatoms. The number of aryl methyl sites for hydroxylation is 1. The van der Waals surface area contributed by atoms with E-state index >= 15 is 0 Å². The Morgan fingerprint density at radius 2 is 2.17 bits per heavy atom. The molecule has 3 rings (SSSR count). The average Bonchev–Trinajstić information content (AvgIpc) is 2.60. The molecule has 1 heterocycles. The molecule has 0 spiro atoms. The molecule has 0 unspecified atom stereocenters. The number of hydrogen-bond donors (Lipinski definition) is 2. The molecule has 1 aliphatic heterocycles. The van der Waals surface area contributed by atoms with Crippen LogP contribution in [0.4, 0.5) is 20.6 Å². The summed E-state index contributed by atoms with van der Waals surface area (Å²) in [7, 11) is 1.46. The lowest BCUT2D eigenvalue weighted by molar-refractivity contribution is 0.206. The van der Waals surface area contributed by atoms with Crippen LogP contribution in [-0.2, 0) is 13.0 Å². The number of rotatable bonds is 3. The van der Waals surface area contributed by atoms with Gasteiger partial charge in [-0.25, -0.2) is 9.18 Å². The first kappa shape index (κ1) is 16.3. The zero-order valence-electron chi connectivity index (χ0n) is 13.5. The number of carbonyl (C=O) groups is 1. The molecule has 24 heavy (non-hydrogen) atoms. The van der Waals surface area contributed by atoms with E-state index in [0.717, 1.165) is 36.2 Å². The van der Waals surface area contributed by atoms with Crippen LogP contribution in [0.2, 0.25) is 0 Å². The summed E-state index contributed by atoms with van der Waals surface area (Å²) in [6, 6.07) is 11.5. The van der Waals surface area contributed by atoms with E-state index in [4.69, 9.17) is 0 Å². The highest BCUT2D eigenvalue weighted by Gasteiger charge is 2.20. The number of halogens is 1. The van der Waals surface area contributed by atoms with E-state index in [1.165, 1.54) is 13.1 Å². The maximum Gasteiger partial charge on any atom is 0.345 e. The fourth-order valence-corrected chi connectivity index (χ4v) is 3.04. The highest BCUT2D eigenvalue weighted by Crippen LogP contribution is 2.31. The first-order chi connectivity index (χ1) is 11.6. The van der Waals surface area contributed by atoms with Gasteiger partial charge in [0.1, 0.15) is 5.82 Å². The molecule has 0 atom stereocenters.